The van der Waals surface area contributed by atoms with E-state index in [4.69, 9.17) is 19.6 Å². The fraction of sp³-hybridized carbons (Fsp3) is 0.455. The molecule has 1 aliphatic heterocycles. The SMILES string of the molecule is Cc1c(CC(=O)NCCCCCC(=O)NC[C@H]2O[C@@H](O[C@H](Cc3ccc(O)cc3)C(=O)O)[C@H](O)[C@@H](O)[C@H]2O)c(=O)oc2cc(N)ccc12. The van der Waals surface area contributed by atoms with Crippen molar-refractivity contribution in [3.8, 4) is 5.75 Å². The number of aromatic hydroxyl groups is 1. The second kappa shape index (κ2) is 16.5. The van der Waals surface area contributed by atoms with Gasteiger partial charge in [0, 0.05) is 43.1 Å². The van der Waals surface area contributed by atoms with Gasteiger partial charge in [0.05, 0.1) is 12.0 Å². The summed E-state index contributed by atoms with van der Waals surface area (Å²) in [5, 5.41) is 56.3. The normalized spacial score (nSPS) is 21.5. The van der Waals surface area contributed by atoms with E-state index in [0.29, 0.717) is 53.6 Å². The van der Waals surface area contributed by atoms with Crippen molar-refractivity contribution >= 4 is 34.4 Å². The number of fused-ring (bicyclic) bond motifs is 1. The molecule has 15 nitrogen and oxygen atoms in total. The second-order valence-corrected chi connectivity index (χ2v) is 11.7. The molecule has 1 aromatic heterocycles. The Balaban J connectivity index is 1.17. The third-order valence-electron chi connectivity index (χ3n) is 8.15. The van der Waals surface area contributed by atoms with E-state index in [9.17, 15) is 44.7 Å². The Morgan fingerprint density at radius 1 is 0.958 bits per heavy atom. The van der Waals surface area contributed by atoms with Crippen LogP contribution in [0, 0.1) is 6.92 Å². The first kappa shape index (κ1) is 36.3. The number of carboxylic acid groups (broad SMARTS) is 1. The number of nitrogen functional groups attached to an aromatic ring is 1. The number of hydrogen-bond acceptors (Lipinski definition) is 12. The number of unbranched alkanes of at least 4 members (excludes halogenated alkanes) is 2. The number of aryl methyl sites for hydroxylation is 1. The van der Waals surface area contributed by atoms with Gasteiger partial charge in [0.15, 0.2) is 12.4 Å². The van der Waals surface area contributed by atoms with Crippen LogP contribution >= 0.6 is 0 Å². The lowest BCUT2D eigenvalue weighted by atomic mass is 9.98. The molecule has 0 radical (unpaired) electrons. The summed E-state index contributed by atoms with van der Waals surface area (Å²) in [5.41, 5.74) is 7.41. The molecule has 0 saturated carbocycles. The minimum Gasteiger partial charge on any atom is -0.508 e. The highest BCUT2D eigenvalue weighted by Crippen LogP contribution is 2.25. The number of hydrogen-bond donors (Lipinski definition) is 8. The molecule has 1 saturated heterocycles. The van der Waals surface area contributed by atoms with Gasteiger partial charge in [0.1, 0.15) is 35.7 Å². The van der Waals surface area contributed by atoms with E-state index >= 15 is 0 Å². The predicted molar refractivity (Wildman–Crippen MR) is 171 cm³/mol. The maximum atomic E-state index is 12.5. The first-order chi connectivity index (χ1) is 22.8. The zero-order valence-electron chi connectivity index (χ0n) is 26.3. The van der Waals surface area contributed by atoms with Crippen molar-refractivity contribution in [1.29, 1.82) is 0 Å². The molecule has 9 N–H and O–H groups in total. The van der Waals surface area contributed by atoms with E-state index < -0.39 is 48.4 Å². The Labute approximate surface area is 275 Å². The van der Waals surface area contributed by atoms with Gasteiger partial charge in [-0.05, 0) is 55.2 Å². The third-order valence-corrected chi connectivity index (χ3v) is 8.15. The van der Waals surface area contributed by atoms with Crippen LogP contribution in [0.5, 0.6) is 5.75 Å². The molecule has 3 aromatic rings. The molecule has 1 fully saturated rings. The van der Waals surface area contributed by atoms with Gasteiger partial charge >= 0.3 is 11.6 Å². The molecule has 0 spiro atoms. The zero-order chi connectivity index (χ0) is 35.0. The number of phenols is 1. The van der Waals surface area contributed by atoms with Crippen molar-refractivity contribution in [3.05, 3.63) is 69.6 Å². The average Bonchev–Trinajstić information content (AvgIpc) is 3.04. The van der Waals surface area contributed by atoms with E-state index in [1.807, 2.05) is 0 Å². The summed E-state index contributed by atoms with van der Waals surface area (Å²) in [5.74, 6) is -2.07. The number of nitrogens with one attached hydrogen (secondary N) is 2. The Bertz CT molecular complexity index is 1640. The van der Waals surface area contributed by atoms with Crippen molar-refractivity contribution in [2.75, 3.05) is 18.8 Å². The Morgan fingerprint density at radius 2 is 1.69 bits per heavy atom. The number of ether oxygens (including phenoxy) is 2. The second-order valence-electron chi connectivity index (χ2n) is 11.7. The summed E-state index contributed by atoms with van der Waals surface area (Å²) < 4.78 is 16.4. The first-order valence-electron chi connectivity index (χ1n) is 15.5. The standard InChI is InChI=1S/C33H41N3O12/c1-17-21-11-8-19(34)14-23(21)46-32(45)22(17)15-27(39)35-12-4-2-3-5-26(38)36-16-25-28(40)29(41)30(42)33(48-25)47-24(31(43)44)13-18-6-9-20(37)10-7-18/h6-11,14,24-25,28-30,33,37,40-42H,2-5,12-13,15-16,34H2,1H3,(H,35,39)(H,36,38)(H,43,44)/t24-,25-,28+,29+,30-,33-/m1/s1. The van der Waals surface area contributed by atoms with Crippen LogP contribution in [-0.2, 0) is 36.7 Å². The minimum atomic E-state index is -1.76. The highest BCUT2D eigenvalue weighted by Gasteiger charge is 2.45. The maximum Gasteiger partial charge on any atom is 0.340 e. The van der Waals surface area contributed by atoms with Gasteiger partial charge in [-0.2, -0.15) is 0 Å². The molecule has 6 atom stereocenters. The van der Waals surface area contributed by atoms with E-state index in [1.54, 1.807) is 25.1 Å². The molecule has 2 amide bonds. The summed E-state index contributed by atoms with van der Waals surface area (Å²) in [6.45, 7) is 1.84. The molecule has 4 rings (SSSR count). The number of aliphatic hydroxyl groups is 3. The van der Waals surface area contributed by atoms with Crippen LogP contribution in [0.25, 0.3) is 11.0 Å². The molecule has 2 aromatic carbocycles. The number of carbonyl (C=O) groups is 3. The van der Waals surface area contributed by atoms with Crippen molar-refractivity contribution < 1.29 is 53.8 Å². The number of carbonyl (C=O) groups excluding carboxylic acids is 2. The van der Waals surface area contributed by atoms with E-state index in [0.717, 1.165) is 0 Å². The van der Waals surface area contributed by atoms with Crippen LogP contribution in [0.15, 0.2) is 51.7 Å². The van der Waals surface area contributed by atoms with Crippen LogP contribution in [0.2, 0.25) is 0 Å². The highest BCUT2D eigenvalue weighted by atomic mass is 16.7. The number of aliphatic carboxylic acids is 1. The smallest absolute Gasteiger partial charge is 0.340 e. The van der Waals surface area contributed by atoms with Gasteiger partial charge in [-0.25, -0.2) is 9.59 Å². The number of benzene rings is 2. The van der Waals surface area contributed by atoms with Gasteiger partial charge in [-0.1, -0.05) is 18.6 Å². The third kappa shape index (κ3) is 9.51. The minimum absolute atomic E-state index is 0.00289. The molecule has 1 aliphatic rings. The molecule has 0 unspecified atom stereocenters. The van der Waals surface area contributed by atoms with Gasteiger partial charge in [0.2, 0.25) is 11.8 Å². The largest absolute Gasteiger partial charge is 0.508 e. The van der Waals surface area contributed by atoms with E-state index in [-0.39, 0.29) is 48.9 Å². The Hall–Kier alpha value is -4.54. The van der Waals surface area contributed by atoms with Crippen molar-refractivity contribution in [3.63, 3.8) is 0 Å². The fourth-order valence-electron chi connectivity index (χ4n) is 5.36. The van der Waals surface area contributed by atoms with Crippen molar-refractivity contribution in [2.24, 2.45) is 0 Å². The van der Waals surface area contributed by atoms with Crippen LogP contribution in [0.4, 0.5) is 5.69 Å². The number of rotatable bonds is 15. The number of aliphatic hydroxyl groups excluding tert-OH is 3. The van der Waals surface area contributed by atoms with E-state index in [2.05, 4.69) is 10.6 Å². The lowest BCUT2D eigenvalue weighted by Gasteiger charge is -2.41. The Kier molecular flexibility index (Phi) is 12.5. The number of nitrogens with two attached hydrogens (primary N) is 1. The van der Waals surface area contributed by atoms with Crippen LogP contribution in [0.3, 0.4) is 0 Å². The summed E-state index contributed by atoms with van der Waals surface area (Å²) in [6, 6.07) is 10.8. The molecule has 15 heteroatoms. The number of carboxylic acids is 1. The Morgan fingerprint density at radius 3 is 2.40 bits per heavy atom. The molecular weight excluding hydrogens is 630 g/mol. The summed E-state index contributed by atoms with van der Waals surface area (Å²) >= 11 is 0. The lowest BCUT2D eigenvalue weighted by molar-refractivity contribution is -0.304. The molecule has 48 heavy (non-hydrogen) atoms. The monoisotopic (exact) mass is 671 g/mol. The zero-order valence-corrected chi connectivity index (χ0v) is 26.3. The molecule has 260 valence electrons. The molecule has 2 heterocycles. The molecular formula is C33H41N3O12. The van der Waals surface area contributed by atoms with Crippen molar-refractivity contribution in [2.45, 2.75) is 82.3 Å². The van der Waals surface area contributed by atoms with Crippen LogP contribution in [0.1, 0.15) is 42.4 Å². The first-order valence-corrected chi connectivity index (χ1v) is 15.5. The number of anilines is 1. The molecule has 0 bridgehead atoms. The topological polar surface area (TPSA) is 251 Å². The number of phenolic OH excluding ortho intramolecular Hbond substituents is 1. The van der Waals surface area contributed by atoms with Crippen molar-refractivity contribution in [1.82, 2.24) is 10.6 Å². The van der Waals surface area contributed by atoms with Gasteiger partial charge in [-0.3, -0.25) is 9.59 Å². The predicted octanol–water partition coefficient (Wildman–Crippen LogP) is 0.245. The fourth-order valence-corrected chi connectivity index (χ4v) is 5.36. The van der Waals surface area contributed by atoms with E-state index in [1.165, 1.54) is 24.3 Å². The van der Waals surface area contributed by atoms with Gasteiger partial charge in [-0.15, -0.1) is 0 Å². The highest BCUT2D eigenvalue weighted by molar-refractivity contribution is 5.86. The van der Waals surface area contributed by atoms with Crippen LogP contribution < -0.4 is 22.0 Å². The maximum absolute atomic E-state index is 12.5. The summed E-state index contributed by atoms with van der Waals surface area (Å²) in [4.78, 5) is 49.2. The number of amides is 2. The average molecular weight is 672 g/mol. The van der Waals surface area contributed by atoms with Gasteiger partial charge in [0.25, 0.3) is 0 Å². The van der Waals surface area contributed by atoms with Gasteiger partial charge < -0.3 is 55.8 Å². The molecule has 0 aliphatic carbocycles. The van der Waals surface area contributed by atoms with Crippen LogP contribution in [-0.4, -0.2) is 93.2 Å². The quantitative estimate of drug-likeness (QED) is 0.0613. The summed E-state index contributed by atoms with van der Waals surface area (Å²) in [6.07, 6.45) is -7.88. The summed E-state index contributed by atoms with van der Waals surface area (Å²) in [7, 11) is 0. The lowest BCUT2D eigenvalue weighted by Crippen LogP contribution is -2.61.